The van der Waals surface area contributed by atoms with Gasteiger partial charge >= 0.3 is 0 Å². The standard InChI is InChI=1S/C15H11ClN4O2S/c16-12-5-7-4-10(20-15(7)23-12)13(21)19-11-6-9-8(18-14(11)22)2-1-3-17-9/h1-5,11,20H,6H2,(H,18,22)(H,19,21). The van der Waals surface area contributed by atoms with Crippen LogP contribution >= 0.6 is 22.9 Å². The number of thiophene rings is 1. The summed E-state index contributed by atoms with van der Waals surface area (Å²) in [7, 11) is 0. The second kappa shape index (κ2) is 5.36. The van der Waals surface area contributed by atoms with Gasteiger partial charge in [0.1, 0.15) is 16.6 Å². The monoisotopic (exact) mass is 346 g/mol. The number of carbonyl (C=O) groups is 2. The third-order valence-electron chi connectivity index (χ3n) is 3.69. The van der Waals surface area contributed by atoms with Crippen molar-refractivity contribution in [3.8, 4) is 0 Å². The summed E-state index contributed by atoms with van der Waals surface area (Å²) in [6, 6.07) is 6.42. The second-order valence-corrected chi connectivity index (χ2v) is 6.92. The van der Waals surface area contributed by atoms with Crippen LogP contribution in [0.2, 0.25) is 4.34 Å². The molecule has 3 N–H and O–H groups in total. The zero-order valence-corrected chi connectivity index (χ0v) is 13.3. The molecule has 4 rings (SSSR count). The van der Waals surface area contributed by atoms with Crippen molar-refractivity contribution >= 4 is 50.7 Å². The molecule has 0 bridgehead atoms. The Morgan fingerprint density at radius 2 is 2.30 bits per heavy atom. The molecule has 0 radical (unpaired) electrons. The highest BCUT2D eigenvalue weighted by Gasteiger charge is 2.28. The third kappa shape index (κ3) is 2.58. The van der Waals surface area contributed by atoms with E-state index in [4.69, 9.17) is 11.6 Å². The summed E-state index contributed by atoms with van der Waals surface area (Å²) >= 11 is 7.29. The van der Waals surface area contributed by atoms with E-state index < -0.39 is 6.04 Å². The summed E-state index contributed by atoms with van der Waals surface area (Å²) in [5, 5.41) is 6.37. The first-order valence-electron chi connectivity index (χ1n) is 6.94. The lowest BCUT2D eigenvalue weighted by molar-refractivity contribution is -0.118. The number of nitrogens with zero attached hydrogens (tertiary/aromatic N) is 1. The van der Waals surface area contributed by atoms with Crippen molar-refractivity contribution in [2.45, 2.75) is 12.5 Å². The molecule has 0 aliphatic carbocycles. The van der Waals surface area contributed by atoms with Crippen LogP contribution in [0, 0.1) is 0 Å². The number of hydrogen-bond donors (Lipinski definition) is 3. The topological polar surface area (TPSA) is 86.9 Å². The summed E-state index contributed by atoms with van der Waals surface area (Å²) in [4.78, 5) is 32.5. The van der Waals surface area contributed by atoms with E-state index in [9.17, 15) is 9.59 Å². The fourth-order valence-corrected chi connectivity index (χ4v) is 3.71. The average Bonchev–Trinajstić information content (AvgIpc) is 3.05. The predicted molar refractivity (Wildman–Crippen MR) is 89.0 cm³/mol. The number of hydrogen-bond acceptors (Lipinski definition) is 4. The van der Waals surface area contributed by atoms with Crippen LogP contribution in [0.5, 0.6) is 0 Å². The van der Waals surface area contributed by atoms with Crippen LogP contribution in [-0.2, 0) is 11.2 Å². The molecule has 23 heavy (non-hydrogen) atoms. The molecule has 0 saturated heterocycles. The molecule has 4 heterocycles. The highest BCUT2D eigenvalue weighted by atomic mass is 35.5. The fraction of sp³-hybridized carbons (Fsp3) is 0.133. The Bertz CT molecular complexity index is 901. The van der Waals surface area contributed by atoms with Crippen molar-refractivity contribution in [2.24, 2.45) is 0 Å². The molecule has 1 unspecified atom stereocenters. The minimum atomic E-state index is -0.644. The van der Waals surface area contributed by atoms with Crippen molar-refractivity contribution in [3.63, 3.8) is 0 Å². The predicted octanol–water partition coefficient (Wildman–Crippen LogP) is 2.57. The Hall–Kier alpha value is -2.38. The molecule has 1 aliphatic heterocycles. The fourth-order valence-electron chi connectivity index (χ4n) is 2.59. The zero-order valence-electron chi connectivity index (χ0n) is 11.7. The molecule has 3 aromatic rings. The number of pyridine rings is 1. The van der Waals surface area contributed by atoms with Gasteiger partial charge in [0.15, 0.2) is 0 Å². The van der Waals surface area contributed by atoms with Gasteiger partial charge in [-0.15, -0.1) is 11.3 Å². The molecule has 3 aromatic heterocycles. The quantitative estimate of drug-likeness (QED) is 0.666. The number of aromatic nitrogens is 2. The van der Waals surface area contributed by atoms with E-state index in [1.54, 1.807) is 30.5 Å². The Labute approximate surface area is 139 Å². The lowest BCUT2D eigenvalue weighted by Crippen LogP contribution is -2.47. The van der Waals surface area contributed by atoms with Crippen LogP contribution in [-0.4, -0.2) is 27.8 Å². The van der Waals surface area contributed by atoms with Crippen molar-refractivity contribution in [1.29, 1.82) is 0 Å². The van der Waals surface area contributed by atoms with Gasteiger partial charge < -0.3 is 15.6 Å². The Morgan fingerprint density at radius 3 is 3.13 bits per heavy atom. The van der Waals surface area contributed by atoms with Gasteiger partial charge in [0.2, 0.25) is 5.91 Å². The number of aromatic amines is 1. The lowest BCUT2D eigenvalue weighted by Gasteiger charge is -2.24. The largest absolute Gasteiger partial charge is 0.342 e. The Balaban J connectivity index is 1.54. The SMILES string of the molecule is O=C(NC1Cc2ncccc2NC1=O)c1cc2cc(Cl)sc2[nH]1. The van der Waals surface area contributed by atoms with Crippen molar-refractivity contribution in [1.82, 2.24) is 15.3 Å². The van der Waals surface area contributed by atoms with Gasteiger partial charge in [0, 0.05) is 18.0 Å². The van der Waals surface area contributed by atoms with Crippen LogP contribution in [0.25, 0.3) is 10.2 Å². The molecule has 0 fully saturated rings. The summed E-state index contributed by atoms with van der Waals surface area (Å²) in [5.41, 5.74) is 1.86. The maximum Gasteiger partial charge on any atom is 0.268 e. The molecule has 1 atom stereocenters. The van der Waals surface area contributed by atoms with E-state index in [0.29, 0.717) is 22.1 Å². The number of H-pyrrole nitrogens is 1. The molecule has 116 valence electrons. The molecular weight excluding hydrogens is 336 g/mol. The van der Waals surface area contributed by atoms with Crippen LogP contribution in [0.3, 0.4) is 0 Å². The second-order valence-electron chi connectivity index (χ2n) is 5.24. The summed E-state index contributed by atoms with van der Waals surface area (Å²) < 4.78 is 0.660. The van der Waals surface area contributed by atoms with E-state index >= 15 is 0 Å². The van der Waals surface area contributed by atoms with Gasteiger partial charge in [0.25, 0.3) is 5.91 Å². The number of rotatable bonds is 2. The van der Waals surface area contributed by atoms with Crippen molar-refractivity contribution < 1.29 is 9.59 Å². The molecule has 0 spiro atoms. The van der Waals surface area contributed by atoms with Crippen LogP contribution in [0.15, 0.2) is 30.5 Å². The zero-order chi connectivity index (χ0) is 16.0. The maximum atomic E-state index is 12.4. The van der Waals surface area contributed by atoms with E-state index in [1.165, 1.54) is 11.3 Å². The molecule has 0 saturated carbocycles. The minimum Gasteiger partial charge on any atom is -0.342 e. The van der Waals surface area contributed by atoms with E-state index in [1.807, 2.05) is 0 Å². The number of fused-ring (bicyclic) bond motifs is 2. The Kier molecular flexibility index (Phi) is 3.32. The highest BCUT2D eigenvalue weighted by molar-refractivity contribution is 7.22. The number of anilines is 1. The van der Waals surface area contributed by atoms with Crippen LogP contribution in [0.1, 0.15) is 16.2 Å². The maximum absolute atomic E-state index is 12.4. The van der Waals surface area contributed by atoms with Crippen LogP contribution < -0.4 is 10.6 Å². The lowest BCUT2D eigenvalue weighted by atomic mass is 10.0. The molecule has 2 amide bonds. The van der Waals surface area contributed by atoms with Crippen molar-refractivity contribution in [2.75, 3.05) is 5.32 Å². The van der Waals surface area contributed by atoms with Gasteiger partial charge in [-0.3, -0.25) is 14.6 Å². The summed E-state index contributed by atoms with van der Waals surface area (Å²) in [5.74, 6) is -0.570. The molecule has 6 nitrogen and oxygen atoms in total. The van der Waals surface area contributed by atoms with Gasteiger partial charge in [-0.25, -0.2) is 0 Å². The third-order valence-corrected chi connectivity index (χ3v) is 4.89. The van der Waals surface area contributed by atoms with Gasteiger partial charge in [-0.05, 0) is 24.3 Å². The van der Waals surface area contributed by atoms with E-state index in [2.05, 4.69) is 20.6 Å². The summed E-state index contributed by atoms with van der Waals surface area (Å²) in [6.45, 7) is 0. The Morgan fingerprint density at radius 1 is 1.43 bits per heavy atom. The molecule has 1 aliphatic rings. The smallest absolute Gasteiger partial charge is 0.268 e. The summed E-state index contributed by atoms with van der Waals surface area (Å²) in [6.07, 6.45) is 2.03. The first-order valence-corrected chi connectivity index (χ1v) is 8.13. The number of halogens is 1. The molecule has 0 aromatic carbocycles. The molecular formula is C15H11ClN4O2S. The minimum absolute atomic E-state index is 0.240. The first kappa shape index (κ1) is 14.2. The highest BCUT2D eigenvalue weighted by Crippen LogP contribution is 2.29. The van der Waals surface area contributed by atoms with E-state index in [-0.39, 0.29) is 11.8 Å². The normalized spacial score (nSPS) is 16.9. The molecule has 8 heteroatoms. The van der Waals surface area contributed by atoms with Crippen LogP contribution in [0.4, 0.5) is 5.69 Å². The first-order chi connectivity index (χ1) is 11.1. The van der Waals surface area contributed by atoms with Gasteiger partial charge in [-0.1, -0.05) is 11.6 Å². The number of carbonyl (C=O) groups excluding carboxylic acids is 2. The van der Waals surface area contributed by atoms with Gasteiger partial charge in [0.05, 0.1) is 15.7 Å². The number of amides is 2. The number of nitrogens with one attached hydrogen (secondary N) is 3. The average molecular weight is 347 g/mol. The van der Waals surface area contributed by atoms with Crippen molar-refractivity contribution in [3.05, 3.63) is 46.2 Å². The van der Waals surface area contributed by atoms with E-state index in [0.717, 1.165) is 15.9 Å². The van der Waals surface area contributed by atoms with Gasteiger partial charge in [-0.2, -0.15) is 0 Å².